The Bertz CT molecular complexity index is 5300. The largest absolute Gasteiger partial charge is 1.00 e. The number of ether oxygens (including phenoxy) is 3. The Morgan fingerprint density at radius 1 is 0.484 bits per heavy atom. The standard InChI is InChI=1S/C18H21N7O.C14H11ClN4O2.C13H11N5O.C12H7ClN4O2.C7H6Cl2N2O2.C7H6N2.C6H14N2.C4H8O2.CH4O.CH4.Li.H2O/c19-9-11-4-3-5-12(8-11)23-17-13(16(21)26)10-22-18(25-17)24-15-7-2-1-6-14(15)20;1-2-21-13(20)11-8-17-14(15)19-12(11)18-10-5-3-4-9(6-10)7-16;1-8-16-7-11(12(15)19)13(17-8)18-10-4-2-3-9(5-10)6-14;13-12-15-6-9(11(18)19)10(17-12)16-8-3-1-2-7(4-8)5-14;1-2-13-6(12)4-3-10-7(9)11-5(4)8;8-5-6-2-1-3-7(9)4-6;7-5-3-1-2-4-6(5)8;5-4-2-1-3-6-4;1-2;;;/h3-5,8,10,14-15H,1-2,6-7,20H2,(H2,21,26)(H2,22,23,24,25);3-6,8H,2H2,1H3,(H,17,18,19);2-5,7H,1H3,(H2,15,19)(H,16,17,18);1-4,6H,(H,18,19)(H,15,16,17);3H,2H2,1H3;1-4H,9H2;5-6H,1-4,7-8H2;4-5H,1-3H2;2H,1H3;1H4;;1H2/q;;;;;;;;;;+1;/p-1/t14-,15?;;;;;;5-,6+;;;;;/m0.........../s1. The molecule has 43 heteroatoms. The number of amides is 2. The van der Waals surface area contributed by atoms with Crippen molar-refractivity contribution in [2.45, 2.75) is 123 Å². The molecule has 2 aliphatic carbocycles. The summed E-state index contributed by atoms with van der Waals surface area (Å²) < 4.78 is 14.3. The van der Waals surface area contributed by atoms with Crippen molar-refractivity contribution >= 4 is 134 Å². The molecule has 0 radical (unpaired) electrons. The van der Waals surface area contributed by atoms with Crippen molar-refractivity contribution in [1.29, 1.82) is 26.3 Å². The molecule has 5 aromatic carbocycles. The number of primary amides is 2. The van der Waals surface area contributed by atoms with Gasteiger partial charge in [0.1, 0.15) is 62.1 Å². The first kappa shape index (κ1) is 109. The van der Waals surface area contributed by atoms with Gasteiger partial charge in [0.05, 0.1) is 71.4 Å². The number of nitrogens with one attached hydrogen (secondary N) is 5. The second-order valence-electron chi connectivity index (χ2n) is 25.5. The van der Waals surface area contributed by atoms with Crippen molar-refractivity contribution < 1.29 is 77.8 Å². The molecule has 5 atom stereocenters. The minimum absolute atomic E-state index is 0. The maximum absolute atomic E-state index is 11.9. The molecule has 3 fully saturated rings. The number of nitrogens with zero attached hydrogens (tertiary/aromatic N) is 15. The Morgan fingerprint density at radius 3 is 1.20 bits per heavy atom. The number of aromatic nitrogens is 10. The van der Waals surface area contributed by atoms with E-state index in [-0.39, 0.29) is 135 Å². The van der Waals surface area contributed by atoms with E-state index in [1.54, 1.807) is 142 Å². The molecule has 2 unspecified atom stereocenters. The minimum atomic E-state index is -1.17. The molecule has 1 saturated heterocycles. The van der Waals surface area contributed by atoms with Gasteiger partial charge in [0.2, 0.25) is 21.8 Å². The summed E-state index contributed by atoms with van der Waals surface area (Å²) in [7, 11) is 1.00. The van der Waals surface area contributed by atoms with Gasteiger partial charge in [0, 0.05) is 104 Å². The number of carboxylic acids is 1. The van der Waals surface area contributed by atoms with Crippen LogP contribution in [0.2, 0.25) is 21.0 Å². The fraction of sp³-hybridized carbons (Fsp3) is 0.277. The molecule has 0 spiro atoms. The van der Waals surface area contributed by atoms with Crippen LogP contribution in [-0.2, 0) is 14.2 Å². The van der Waals surface area contributed by atoms with Gasteiger partial charge in [-0.2, -0.15) is 41.3 Å². The van der Waals surface area contributed by atoms with E-state index in [9.17, 15) is 24.0 Å². The van der Waals surface area contributed by atoms with Crippen LogP contribution < -0.4 is 79.8 Å². The number of aliphatic hydroxyl groups excluding tert-OH is 2. The number of nitrogen functional groups attached to an aromatic ring is 1. The third-order valence-corrected chi connectivity index (χ3v) is 17.5. The number of nitrogens with two attached hydrogens (primary N) is 6. The molecule has 6 heterocycles. The van der Waals surface area contributed by atoms with Crippen molar-refractivity contribution in [3.05, 3.63) is 235 Å². The second-order valence-corrected chi connectivity index (χ2v) is 26.9. The van der Waals surface area contributed by atoms with Gasteiger partial charge < -0.3 is 96.0 Å². The van der Waals surface area contributed by atoms with E-state index in [4.69, 9.17) is 137 Å². The number of carbonyl (C=O) groups excluding carboxylic acids is 4. The number of halogens is 4. The number of hydrogen-bond acceptors (Lipinski definition) is 35. The van der Waals surface area contributed by atoms with Gasteiger partial charge in [-0.1, -0.05) is 75.0 Å². The molecule has 656 valence electrons. The minimum Gasteiger partial charge on any atom is -0.870 e. The van der Waals surface area contributed by atoms with Gasteiger partial charge in [-0.25, -0.2) is 49.3 Å². The summed E-state index contributed by atoms with van der Waals surface area (Å²) in [5, 5.41) is 83.4. The SMILES string of the molecule is C.CCOC(=O)c1cnc(Cl)nc1Cl.CCOC(=O)c1cnc(Cl)nc1Nc1cccc(C#N)c1.CO.Cc1ncc(C(N)=O)c(Nc2cccc(C#N)c2)n1.N#Cc1cccc(N)c1.N#Cc1cccc(Nc2nc(Cl)ncc2C(=O)O)c1.N#Cc1cccc(Nc2nc(NC3CCCC[C@@H]3N)ncc2C(N)=O)c1.N[C@@H]1CCCC[C@@H]1N.OC1CCCO1.[Li+].[OH-]. The van der Waals surface area contributed by atoms with Gasteiger partial charge in [0.15, 0.2) is 6.29 Å². The molecule has 126 heavy (non-hydrogen) atoms. The zero-order valence-electron chi connectivity index (χ0n) is 68.3. The number of aryl methyl sites for hydroxylation is 1. The zero-order valence-corrected chi connectivity index (χ0v) is 71.3. The van der Waals surface area contributed by atoms with Crippen molar-refractivity contribution in [3.8, 4) is 30.3 Å². The number of esters is 2. The molecule has 3 aliphatic rings. The molecule has 10 aromatic rings. The summed E-state index contributed by atoms with van der Waals surface area (Å²) in [6.45, 7) is 6.37. The summed E-state index contributed by atoms with van der Waals surface area (Å²) in [6.07, 6.45) is 16.7. The Morgan fingerprint density at radius 2 is 0.841 bits per heavy atom. The van der Waals surface area contributed by atoms with Crippen LogP contribution in [0.15, 0.2) is 152 Å². The molecule has 0 bridgehead atoms. The second kappa shape index (κ2) is 58.6. The molecule has 2 amide bonds. The third-order valence-electron chi connectivity index (χ3n) is 16.6. The third kappa shape index (κ3) is 38.1. The summed E-state index contributed by atoms with van der Waals surface area (Å²) in [4.78, 5) is 96.1. The monoisotopic (exact) mass is 1790 g/mol. The van der Waals surface area contributed by atoms with E-state index in [0.29, 0.717) is 73.8 Å². The average Bonchev–Trinajstić information content (AvgIpc) is 0.930. The number of aromatic carboxylic acids is 1. The van der Waals surface area contributed by atoms with E-state index in [1.807, 2.05) is 24.3 Å². The Hall–Kier alpha value is -13.4. The first-order valence-electron chi connectivity index (χ1n) is 37.3. The summed E-state index contributed by atoms with van der Waals surface area (Å²) in [5.74, 6) is -1.70. The molecule has 5 aromatic heterocycles. The maximum Gasteiger partial charge on any atom is 1.00 e. The number of carbonyl (C=O) groups is 5. The van der Waals surface area contributed by atoms with Crippen LogP contribution in [0, 0.1) is 63.6 Å². The number of benzene rings is 5. The zero-order chi connectivity index (χ0) is 90.3. The van der Waals surface area contributed by atoms with Crippen LogP contribution >= 0.6 is 46.4 Å². The number of rotatable bonds is 17. The van der Waals surface area contributed by atoms with Gasteiger partial charge in [-0.15, -0.1) is 0 Å². The van der Waals surface area contributed by atoms with E-state index in [2.05, 4.69) is 82.5 Å². The maximum atomic E-state index is 11.9. The van der Waals surface area contributed by atoms with Crippen LogP contribution in [0.1, 0.15) is 171 Å². The van der Waals surface area contributed by atoms with E-state index >= 15 is 0 Å². The number of nitriles is 5. The van der Waals surface area contributed by atoms with Crippen molar-refractivity contribution in [2.75, 3.05) is 59.2 Å². The normalized spacial score (nSPS) is 14.4. The predicted octanol–water partition coefficient (Wildman–Crippen LogP) is 9.24. The molecule has 2 saturated carbocycles. The smallest absolute Gasteiger partial charge is 0.870 e. The summed E-state index contributed by atoms with van der Waals surface area (Å²) >= 11 is 22.5. The van der Waals surface area contributed by atoms with Crippen LogP contribution in [0.5, 0.6) is 0 Å². The van der Waals surface area contributed by atoms with Gasteiger partial charge in [-0.3, -0.25) is 9.59 Å². The first-order chi connectivity index (χ1) is 59.1. The van der Waals surface area contributed by atoms with E-state index < -0.39 is 36.0 Å². The Balaban J connectivity index is 0.000000500. The van der Waals surface area contributed by atoms with Crippen LogP contribution in [-0.4, -0.2) is 158 Å². The molecule has 1 aliphatic heterocycles. The van der Waals surface area contributed by atoms with Crippen molar-refractivity contribution in [3.63, 3.8) is 0 Å². The number of anilines is 10. The number of carboxylic acid groups (broad SMARTS) is 1. The molecule has 13 rings (SSSR count). The molecule has 38 nitrogen and oxygen atoms in total. The Labute approximate surface area is 758 Å². The van der Waals surface area contributed by atoms with E-state index in [1.165, 1.54) is 37.6 Å². The van der Waals surface area contributed by atoms with Crippen LogP contribution in [0.4, 0.5) is 57.7 Å². The first-order valence-corrected chi connectivity index (χ1v) is 38.8. The summed E-state index contributed by atoms with van der Waals surface area (Å²) in [5.41, 5.74) is 39.7. The number of aliphatic hydroxyl groups is 2. The molecule has 21 N–H and O–H groups in total. The Kier molecular flexibility index (Phi) is 50.5. The molecular weight excluding hydrogens is 1700 g/mol. The fourth-order valence-electron chi connectivity index (χ4n) is 10.7. The van der Waals surface area contributed by atoms with Gasteiger partial charge >= 0.3 is 36.8 Å². The quantitative estimate of drug-likeness (QED) is 0.0133. The van der Waals surface area contributed by atoms with Crippen molar-refractivity contribution in [2.24, 2.45) is 28.7 Å². The van der Waals surface area contributed by atoms with Crippen LogP contribution in [0.3, 0.4) is 0 Å². The average molecular weight is 1800 g/mol. The van der Waals surface area contributed by atoms with Gasteiger partial charge in [-0.05, 0) is 179 Å². The topological polar surface area (TPSA) is 668 Å². The predicted molar refractivity (Wildman–Crippen MR) is 470 cm³/mol. The molecular formula is C83H93Cl4LiN26O12. The fourth-order valence-corrected chi connectivity index (χ4v) is 11.3. The number of hydrogen-bond donors (Lipinski definition) is 14. The van der Waals surface area contributed by atoms with E-state index in [0.717, 1.165) is 71.3 Å². The van der Waals surface area contributed by atoms with Gasteiger partial charge in [0.25, 0.3) is 11.8 Å². The van der Waals surface area contributed by atoms with Crippen LogP contribution in [0.25, 0.3) is 0 Å². The van der Waals surface area contributed by atoms with Crippen molar-refractivity contribution in [1.82, 2.24) is 49.8 Å². The summed E-state index contributed by atoms with van der Waals surface area (Å²) in [6, 6.07) is 44.7.